The van der Waals surface area contributed by atoms with Crippen molar-refractivity contribution in [3.8, 4) is 5.75 Å². The molecule has 5 nitrogen and oxygen atoms in total. The molecule has 0 radical (unpaired) electrons. The number of benzene rings is 1. The molecule has 1 atom stereocenters. The van der Waals surface area contributed by atoms with Gasteiger partial charge in [-0.3, -0.25) is 4.79 Å². The average Bonchev–Trinajstić information content (AvgIpc) is 3.33. The van der Waals surface area contributed by atoms with Gasteiger partial charge in [0.15, 0.2) is 6.10 Å². The largest absolute Gasteiger partial charge is 0.497 e. The van der Waals surface area contributed by atoms with Crippen LogP contribution in [0.15, 0.2) is 29.4 Å². The van der Waals surface area contributed by atoms with E-state index in [1.165, 1.54) is 0 Å². The van der Waals surface area contributed by atoms with Crippen LogP contribution in [0, 0.1) is 5.92 Å². The fourth-order valence-electron chi connectivity index (χ4n) is 2.88. The molecule has 3 rings (SSSR count). The Morgan fingerprint density at radius 1 is 1.35 bits per heavy atom. The topological polar surface area (TPSA) is 51.1 Å². The van der Waals surface area contributed by atoms with Crippen LogP contribution in [-0.4, -0.2) is 42.8 Å². The highest BCUT2D eigenvalue weighted by molar-refractivity contribution is 6.01. The Morgan fingerprint density at radius 3 is 2.70 bits per heavy atom. The lowest BCUT2D eigenvalue weighted by atomic mass is 10.0. The number of carbonyl (C=O) groups excluding carboxylic acids is 1. The van der Waals surface area contributed by atoms with Crippen LogP contribution >= 0.6 is 0 Å². The Balaban J connectivity index is 1.57. The monoisotopic (exact) mass is 316 g/mol. The molecule has 0 N–H and O–H groups in total. The van der Waals surface area contributed by atoms with Crippen molar-refractivity contribution in [2.24, 2.45) is 11.1 Å². The molecule has 1 aliphatic carbocycles. The Bertz CT molecular complexity index is 578. The molecular formula is C18H24N2O3. The van der Waals surface area contributed by atoms with Gasteiger partial charge in [-0.2, -0.15) is 0 Å². The van der Waals surface area contributed by atoms with Gasteiger partial charge in [0.05, 0.1) is 19.4 Å². The maximum absolute atomic E-state index is 12.3. The van der Waals surface area contributed by atoms with Gasteiger partial charge in [0, 0.05) is 18.9 Å². The third-order valence-corrected chi connectivity index (χ3v) is 4.31. The average molecular weight is 316 g/mol. The maximum atomic E-state index is 12.3. The SMILES string of the molecule is CCCN(CC1CC(c2ccc(OC)cc2)=NO1)C(=O)C1CC1. The molecule has 1 heterocycles. The molecule has 1 unspecified atom stereocenters. The van der Waals surface area contributed by atoms with Crippen LogP contribution in [0.2, 0.25) is 0 Å². The van der Waals surface area contributed by atoms with E-state index in [-0.39, 0.29) is 17.9 Å². The quantitative estimate of drug-likeness (QED) is 0.777. The number of ether oxygens (including phenoxy) is 1. The summed E-state index contributed by atoms with van der Waals surface area (Å²) >= 11 is 0. The van der Waals surface area contributed by atoms with Crippen molar-refractivity contribution in [2.75, 3.05) is 20.2 Å². The minimum absolute atomic E-state index is 0.0404. The number of rotatable bonds is 7. The number of methoxy groups -OCH3 is 1. The molecule has 1 aromatic carbocycles. The molecule has 2 aliphatic rings. The molecule has 23 heavy (non-hydrogen) atoms. The van der Waals surface area contributed by atoms with Gasteiger partial charge in [0.1, 0.15) is 5.75 Å². The number of nitrogens with zero attached hydrogens (tertiary/aromatic N) is 2. The van der Waals surface area contributed by atoms with Crippen molar-refractivity contribution < 1.29 is 14.4 Å². The predicted octanol–water partition coefficient (Wildman–Crippen LogP) is 2.84. The summed E-state index contributed by atoms with van der Waals surface area (Å²) in [5.41, 5.74) is 1.98. The number of oxime groups is 1. The van der Waals surface area contributed by atoms with Gasteiger partial charge in [0.2, 0.25) is 5.91 Å². The number of hydrogen-bond acceptors (Lipinski definition) is 4. The maximum Gasteiger partial charge on any atom is 0.225 e. The van der Waals surface area contributed by atoms with E-state index < -0.39 is 0 Å². The summed E-state index contributed by atoms with van der Waals surface area (Å²) < 4.78 is 5.17. The molecule has 1 fully saturated rings. The molecule has 1 aliphatic heterocycles. The minimum Gasteiger partial charge on any atom is -0.497 e. The van der Waals surface area contributed by atoms with E-state index >= 15 is 0 Å². The summed E-state index contributed by atoms with van der Waals surface area (Å²) in [6.07, 6.45) is 3.75. The van der Waals surface area contributed by atoms with Gasteiger partial charge in [0.25, 0.3) is 0 Å². The Labute approximate surface area is 137 Å². The first-order chi connectivity index (χ1) is 11.2. The van der Waals surface area contributed by atoms with Crippen molar-refractivity contribution in [2.45, 2.75) is 38.7 Å². The normalized spacial score (nSPS) is 19.9. The molecular weight excluding hydrogens is 292 g/mol. The van der Waals surface area contributed by atoms with Gasteiger partial charge in [-0.25, -0.2) is 0 Å². The highest BCUT2D eigenvalue weighted by atomic mass is 16.6. The molecule has 5 heteroatoms. The lowest BCUT2D eigenvalue weighted by Crippen LogP contribution is -2.39. The van der Waals surface area contributed by atoms with Gasteiger partial charge in [-0.05, 0) is 49.1 Å². The van der Waals surface area contributed by atoms with Crippen molar-refractivity contribution in [1.29, 1.82) is 0 Å². The molecule has 0 bridgehead atoms. The van der Waals surface area contributed by atoms with Crippen LogP contribution in [0.25, 0.3) is 0 Å². The van der Waals surface area contributed by atoms with Crippen molar-refractivity contribution in [1.82, 2.24) is 4.90 Å². The highest BCUT2D eigenvalue weighted by Gasteiger charge is 2.35. The molecule has 1 saturated carbocycles. The molecule has 0 spiro atoms. The first-order valence-corrected chi connectivity index (χ1v) is 8.37. The van der Waals surface area contributed by atoms with Crippen molar-refractivity contribution >= 4 is 11.6 Å². The number of hydrogen-bond donors (Lipinski definition) is 0. The molecule has 0 aromatic heterocycles. The summed E-state index contributed by atoms with van der Waals surface area (Å²) in [5, 5.41) is 4.21. The number of carbonyl (C=O) groups is 1. The predicted molar refractivity (Wildman–Crippen MR) is 88.6 cm³/mol. The Hall–Kier alpha value is -2.04. The Morgan fingerprint density at radius 2 is 2.09 bits per heavy atom. The van der Waals surface area contributed by atoms with E-state index in [4.69, 9.17) is 9.57 Å². The first-order valence-electron chi connectivity index (χ1n) is 8.37. The zero-order valence-electron chi connectivity index (χ0n) is 13.8. The fourth-order valence-corrected chi connectivity index (χ4v) is 2.88. The zero-order valence-corrected chi connectivity index (χ0v) is 13.8. The van der Waals surface area contributed by atoms with E-state index in [9.17, 15) is 4.79 Å². The van der Waals surface area contributed by atoms with Crippen LogP contribution in [0.1, 0.15) is 38.2 Å². The van der Waals surface area contributed by atoms with Crippen LogP contribution in [0.4, 0.5) is 0 Å². The van der Waals surface area contributed by atoms with E-state index in [0.717, 1.165) is 49.3 Å². The van der Waals surface area contributed by atoms with Gasteiger partial charge in [-0.1, -0.05) is 12.1 Å². The van der Waals surface area contributed by atoms with Crippen LogP contribution in [0.3, 0.4) is 0 Å². The van der Waals surface area contributed by atoms with Crippen molar-refractivity contribution in [3.05, 3.63) is 29.8 Å². The first kappa shape index (κ1) is 15.8. The molecule has 1 aromatic rings. The highest BCUT2D eigenvalue weighted by Crippen LogP contribution is 2.31. The summed E-state index contributed by atoms with van der Waals surface area (Å²) in [6, 6.07) is 7.82. The molecule has 1 amide bonds. The second kappa shape index (κ2) is 7.02. The summed E-state index contributed by atoms with van der Waals surface area (Å²) in [4.78, 5) is 19.8. The fraction of sp³-hybridized carbons (Fsp3) is 0.556. The van der Waals surface area contributed by atoms with E-state index in [1.54, 1.807) is 7.11 Å². The number of amides is 1. The van der Waals surface area contributed by atoms with E-state index in [2.05, 4.69) is 12.1 Å². The zero-order chi connectivity index (χ0) is 16.2. The second-order valence-corrected chi connectivity index (χ2v) is 6.26. The summed E-state index contributed by atoms with van der Waals surface area (Å²) in [7, 11) is 1.65. The van der Waals surface area contributed by atoms with Gasteiger partial charge in [-0.15, -0.1) is 0 Å². The van der Waals surface area contributed by atoms with Gasteiger partial charge >= 0.3 is 0 Å². The van der Waals surface area contributed by atoms with Crippen LogP contribution in [-0.2, 0) is 9.63 Å². The third kappa shape index (κ3) is 3.84. The standard InChI is InChI=1S/C18H24N2O3/c1-3-10-20(18(21)14-4-5-14)12-16-11-17(19-23-16)13-6-8-15(22-2)9-7-13/h6-9,14,16H,3-5,10-12H2,1-2H3. The lowest BCUT2D eigenvalue weighted by molar-refractivity contribution is -0.134. The summed E-state index contributed by atoms with van der Waals surface area (Å²) in [5.74, 6) is 1.37. The van der Waals surface area contributed by atoms with E-state index in [1.807, 2.05) is 29.2 Å². The Kier molecular flexibility index (Phi) is 4.84. The minimum atomic E-state index is -0.0404. The second-order valence-electron chi connectivity index (χ2n) is 6.26. The summed E-state index contributed by atoms with van der Waals surface area (Å²) in [6.45, 7) is 3.53. The van der Waals surface area contributed by atoms with Gasteiger partial charge < -0.3 is 14.5 Å². The smallest absolute Gasteiger partial charge is 0.225 e. The van der Waals surface area contributed by atoms with Crippen molar-refractivity contribution in [3.63, 3.8) is 0 Å². The third-order valence-electron chi connectivity index (χ3n) is 4.31. The lowest BCUT2D eigenvalue weighted by Gasteiger charge is -2.24. The van der Waals surface area contributed by atoms with Crippen LogP contribution in [0.5, 0.6) is 5.75 Å². The molecule has 124 valence electrons. The van der Waals surface area contributed by atoms with E-state index in [0.29, 0.717) is 6.54 Å². The van der Waals surface area contributed by atoms with Crippen LogP contribution < -0.4 is 4.74 Å². The molecule has 0 saturated heterocycles.